The van der Waals surface area contributed by atoms with Gasteiger partial charge in [-0.05, 0) is 49.4 Å². The third-order valence-corrected chi connectivity index (χ3v) is 4.43. The molecule has 1 amide bonds. The fraction of sp³-hybridized carbons (Fsp3) is 0.130. The van der Waals surface area contributed by atoms with Gasteiger partial charge in [0.05, 0.1) is 12.8 Å². The van der Waals surface area contributed by atoms with E-state index in [1.54, 1.807) is 30.5 Å². The molecule has 0 aliphatic carbocycles. The maximum atomic E-state index is 12.2. The molecule has 148 valence electrons. The van der Waals surface area contributed by atoms with Crippen molar-refractivity contribution in [2.24, 2.45) is 5.10 Å². The van der Waals surface area contributed by atoms with E-state index in [1.165, 1.54) is 0 Å². The lowest BCUT2D eigenvalue weighted by atomic mass is 10.2. The smallest absolute Gasteiger partial charge is 0.271 e. The fourth-order valence-electron chi connectivity index (χ4n) is 2.58. The molecule has 1 N–H and O–H groups in total. The van der Waals surface area contributed by atoms with Crippen molar-refractivity contribution < 1.29 is 14.3 Å². The van der Waals surface area contributed by atoms with Gasteiger partial charge in [-0.3, -0.25) is 4.79 Å². The Kier molecular flexibility index (Phi) is 7.25. The second-order valence-electron chi connectivity index (χ2n) is 6.07. The van der Waals surface area contributed by atoms with Crippen LogP contribution < -0.4 is 14.9 Å². The number of benzene rings is 3. The summed E-state index contributed by atoms with van der Waals surface area (Å²) in [6.07, 6.45) is 1.55. The van der Waals surface area contributed by atoms with Crippen LogP contribution in [0, 0.1) is 0 Å². The lowest BCUT2D eigenvalue weighted by Crippen LogP contribution is -2.17. The zero-order valence-electron chi connectivity index (χ0n) is 16.0. The Balaban J connectivity index is 1.61. The average Bonchev–Trinajstić information content (AvgIpc) is 2.75. The van der Waals surface area contributed by atoms with Gasteiger partial charge in [0.2, 0.25) is 0 Å². The van der Waals surface area contributed by atoms with Crippen LogP contribution >= 0.6 is 11.6 Å². The predicted molar refractivity (Wildman–Crippen MR) is 115 cm³/mol. The summed E-state index contributed by atoms with van der Waals surface area (Å²) in [5, 5.41) is 4.70. The van der Waals surface area contributed by atoms with Crippen molar-refractivity contribution in [2.75, 3.05) is 6.61 Å². The molecule has 0 radical (unpaired) electrons. The zero-order valence-corrected chi connectivity index (χ0v) is 16.7. The number of carbonyl (C=O) groups excluding carboxylic acids is 1. The summed E-state index contributed by atoms with van der Waals surface area (Å²) in [6.45, 7) is 2.82. The number of nitrogens with zero attached hydrogens (tertiary/aromatic N) is 1. The van der Waals surface area contributed by atoms with Gasteiger partial charge in [0.25, 0.3) is 5.91 Å². The highest BCUT2D eigenvalue weighted by molar-refractivity contribution is 6.31. The van der Waals surface area contributed by atoms with E-state index >= 15 is 0 Å². The summed E-state index contributed by atoms with van der Waals surface area (Å²) in [5.74, 6) is 1.06. The largest absolute Gasteiger partial charge is 0.494 e. The minimum absolute atomic E-state index is 0.307. The molecule has 0 aromatic heterocycles. The van der Waals surface area contributed by atoms with E-state index in [1.807, 2.05) is 55.5 Å². The van der Waals surface area contributed by atoms with E-state index in [4.69, 9.17) is 21.1 Å². The Morgan fingerprint density at radius 3 is 2.48 bits per heavy atom. The fourth-order valence-corrected chi connectivity index (χ4v) is 2.77. The van der Waals surface area contributed by atoms with E-state index in [2.05, 4.69) is 10.5 Å². The normalized spacial score (nSPS) is 10.7. The van der Waals surface area contributed by atoms with Gasteiger partial charge >= 0.3 is 0 Å². The van der Waals surface area contributed by atoms with Gasteiger partial charge in [-0.25, -0.2) is 5.43 Å². The van der Waals surface area contributed by atoms with Crippen molar-refractivity contribution in [2.45, 2.75) is 13.5 Å². The van der Waals surface area contributed by atoms with Gasteiger partial charge in [0.15, 0.2) is 0 Å². The van der Waals surface area contributed by atoms with E-state index in [0.717, 1.165) is 16.9 Å². The first-order valence-electron chi connectivity index (χ1n) is 9.19. The Hall–Kier alpha value is -3.31. The molecule has 0 saturated heterocycles. The maximum absolute atomic E-state index is 12.2. The van der Waals surface area contributed by atoms with Crippen LogP contribution in [0.1, 0.15) is 28.4 Å². The van der Waals surface area contributed by atoms with Crippen molar-refractivity contribution in [1.29, 1.82) is 0 Å². The molecule has 3 aromatic rings. The number of para-hydroxylation sites is 1. The van der Waals surface area contributed by atoms with Crippen LogP contribution in [0.2, 0.25) is 5.02 Å². The molecular weight excluding hydrogens is 388 g/mol. The van der Waals surface area contributed by atoms with Crippen molar-refractivity contribution in [1.82, 2.24) is 5.43 Å². The Morgan fingerprint density at radius 1 is 1.00 bits per heavy atom. The van der Waals surface area contributed by atoms with Crippen LogP contribution in [-0.4, -0.2) is 18.7 Å². The second-order valence-corrected chi connectivity index (χ2v) is 6.48. The maximum Gasteiger partial charge on any atom is 0.271 e. The van der Waals surface area contributed by atoms with Crippen LogP contribution in [0.3, 0.4) is 0 Å². The van der Waals surface area contributed by atoms with E-state index in [9.17, 15) is 4.79 Å². The summed E-state index contributed by atoms with van der Waals surface area (Å²) in [7, 11) is 0. The minimum atomic E-state index is -0.307. The van der Waals surface area contributed by atoms with Crippen molar-refractivity contribution in [3.8, 4) is 11.5 Å². The number of nitrogens with one attached hydrogen (secondary N) is 1. The highest BCUT2D eigenvalue weighted by Crippen LogP contribution is 2.21. The number of halogens is 1. The molecule has 0 unspecified atom stereocenters. The quantitative estimate of drug-likeness (QED) is 0.417. The van der Waals surface area contributed by atoms with Crippen molar-refractivity contribution >= 4 is 23.7 Å². The number of hydrogen-bond donors (Lipinski definition) is 1. The van der Waals surface area contributed by atoms with Gasteiger partial charge in [-0.15, -0.1) is 0 Å². The number of rotatable bonds is 8. The minimum Gasteiger partial charge on any atom is -0.494 e. The number of amides is 1. The molecule has 0 aliphatic rings. The molecule has 0 fully saturated rings. The van der Waals surface area contributed by atoms with Crippen LogP contribution in [0.5, 0.6) is 11.5 Å². The van der Waals surface area contributed by atoms with Crippen LogP contribution in [-0.2, 0) is 6.61 Å². The second kappa shape index (κ2) is 10.3. The van der Waals surface area contributed by atoms with Crippen LogP contribution in [0.15, 0.2) is 77.9 Å². The van der Waals surface area contributed by atoms with E-state index in [-0.39, 0.29) is 5.91 Å². The molecule has 6 heteroatoms. The standard InChI is InChI=1S/C23H21ClN2O3/c1-2-28-20-13-11-17(12-14-20)23(27)26-25-15-18-7-4-6-10-22(18)29-16-19-8-3-5-9-21(19)24/h3-15H,2,16H2,1H3,(H,26,27)/b25-15-. The molecule has 0 spiro atoms. The molecule has 3 aromatic carbocycles. The van der Waals surface area contributed by atoms with Crippen molar-refractivity contribution in [3.63, 3.8) is 0 Å². The van der Waals surface area contributed by atoms with E-state index < -0.39 is 0 Å². The number of hydrazone groups is 1. The molecular formula is C23H21ClN2O3. The summed E-state index contributed by atoms with van der Waals surface area (Å²) in [6, 6.07) is 21.8. The number of carbonyl (C=O) groups is 1. The van der Waals surface area contributed by atoms with Gasteiger partial charge < -0.3 is 9.47 Å². The third kappa shape index (κ3) is 5.83. The summed E-state index contributed by atoms with van der Waals surface area (Å²) in [5.41, 5.74) is 4.65. The molecule has 0 saturated carbocycles. The van der Waals surface area contributed by atoms with Crippen LogP contribution in [0.4, 0.5) is 0 Å². The van der Waals surface area contributed by atoms with Crippen molar-refractivity contribution in [3.05, 3.63) is 94.5 Å². The Morgan fingerprint density at radius 2 is 1.72 bits per heavy atom. The summed E-state index contributed by atoms with van der Waals surface area (Å²) in [4.78, 5) is 12.2. The lowest BCUT2D eigenvalue weighted by molar-refractivity contribution is 0.0955. The SMILES string of the molecule is CCOc1ccc(C(=O)N/N=C\c2ccccc2OCc2ccccc2Cl)cc1. The first-order valence-corrected chi connectivity index (χ1v) is 9.56. The molecule has 5 nitrogen and oxygen atoms in total. The molecule has 0 heterocycles. The van der Waals surface area contributed by atoms with Gasteiger partial charge in [0.1, 0.15) is 18.1 Å². The predicted octanol–water partition coefficient (Wildman–Crippen LogP) is 5.08. The van der Waals surface area contributed by atoms with Gasteiger partial charge in [0, 0.05) is 21.7 Å². The Bertz CT molecular complexity index is 987. The average molecular weight is 409 g/mol. The first-order chi connectivity index (χ1) is 14.2. The Labute approximate surface area is 174 Å². The third-order valence-electron chi connectivity index (χ3n) is 4.06. The highest BCUT2D eigenvalue weighted by atomic mass is 35.5. The van der Waals surface area contributed by atoms with E-state index in [0.29, 0.717) is 29.5 Å². The van der Waals surface area contributed by atoms with Gasteiger partial charge in [-0.1, -0.05) is 41.9 Å². The monoisotopic (exact) mass is 408 g/mol. The molecule has 0 bridgehead atoms. The molecule has 3 rings (SSSR count). The highest BCUT2D eigenvalue weighted by Gasteiger charge is 2.06. The molecule has 29 heavy (non-hydrogen) atoms. The summed E-state index contributed by atoms with van der Waals surface area (Å²) >= 11 is 6.17. The molecule has 0 atom stereocenters. The summed E-state index contributed by atoms with van der Waals surface area (Å²) < 4.78 is 11.3. The van der Waals surface area contributed by atoms with Gasteiger partial charge in [-0.2, -0.15) is 5.10 Å². The number of ether oxygens (including phenoxy) is 2. The van der Waals surface area contributed by atoms with Crippen LogP contribution in [0.25, 0.3) is 0 Å². The lowest BCUT2D eigenvalue weighted by Gasteiger charge is -2.10. The number of hydrogen-bond acceptors (Lipinski definition) is 4. The molecule has 0 aliphatic heterocycles. The zero-order chi connectivity index (χ0) is 20.5. The first kappa shape index (κ1) is 20.4. The topological polar surface area (TPSA) is 59.9 Å².